The second kappa shape index (κ2) is 8.48. The summed E-state index contributed by atoms with van der Waals surface area (Å²) in [4.78, 5) is 2.58. The summed E-state index contributed by atoms with van der Waals surface area (Å²) >= 11 is 3.61. The molecule has 0 saturated carbocycles. The van der Waals surface area contributed by atoms with Gasteiger partial charge in [0.15, 0.2) is 0 Å². The highest BCUT2D eigenvalue weighted by Gasteiger charge is 2.20. The summed E-state index contributed by atoms with van der Waals surface area (Å²) in [7, 11) is 0. The topological polar surface area (TPSA) is 12.5 Å². The summed E-state index contributed by atoms with van der Waals surface area (Å²) in [5, 5.41) is 1.11. The zero-order valence-electron chi connectivity index (χ0n) is 10.8. The zero-order chi connectivity index (χ0) is 11.8. The minimum absolute atomic E-state index is 0.738. The highest BCUT2D eigenvalue weighted by Crippen LogP contribution is 2.18. The Morgan fingerprint density at radius 1 is 1.31 bits per heavy atom. The van der Waals surface area contributed by atoms with Gasteiger partial charge in [0.25, 0.3) is 0 Å². The van der Waals surface area contributed by atoms with E-state index in [1.807, 2.05) is 0 Å². The van der Waals surface area contributed by atoms with Crippen LogP contribution < -0.4 is 0 Å². The number of nitrogens with zero attached hydrogens (tertiary/aromatic N) is 1. The SMILES string of the molecule is CC(C)CCOCCN1CCCCC1CBr. The molecule has 96 valence electrons. The average molecular weight is 292 g/mol. The van der Waals surface area contributed by atoms with Gasteiger partial charge in [-0.05, 0) is 31.7 Å². The number of ether oxygens (including phenoxy) is 1. The van der Waals surface area contributed by atoms with E-state index in [-0.39, 0.29) is 0 Å². The lowest BCUT2D eigenvalue weighted by atomic mass is 10.0. The van der Waals surface area contributed by atoms with Crippen molar-refractivity contribution in [3.63, 3.8) is 0 Å². The molecule has 1 saturated heterocycles. The van der Waals surface area contributed by atoms with Crippen molar-refractivity contribution in [2.75, 3.05) is 31.6 Å². The molecule has 0 spiro atoms. The van der Waals surface area contributed by atoms with Crippen LogP contribution in [-0.2, 0) is 4.74 Å². The zero-order valence-corrected chi connectivity index (χ0v) is 12.3. The molecule has 0 aromatic carbocycles. The monoisotopic (exact) mass is 291 g/mol. The second-order valence-corrected chi connectivity index (χ2v) is 5.78. The van der Waals surface area contributed by atoms with E-state index in [0.29, 0.717) is 0 Å². The third-order valence-electron chi connectivity index (χ3n) is 3.29. The lowest BCUT2D eigenvalue weighted by Crippen LogP contribution is -2.42. The normalized spacial score (nSPS) is 22.9. The fraction of sp³-hybridized carbons (Fsp3) is 1.00. The molecular weight excluding hydrogens is 266 g/mol. The summed E-state index contributed by atoms with van der Waals surface area (Å²) in [6, 6.07) is 0.738. The van der Waals surface area contributed by atoms with E-state index in [2.05, 4.69) is 34.7 Å². The van der Waals surface area contributed by atoms with Gasteiger partial charge in [0.2, 0.25) is 0 Å². The molecule has 1 unspecified atom stereocenters. The molecule has 1 heterocycles. The highest BCUT2D eigenvalue weighted by molar-refractivity contribution is 9.09. The molecule has 16 heavy (non-hydrogen) atoms. The van der Waals surface area contributed by atoms with E-state index < -0.39 is 0 Å². The van der Waals surface area contributed by atoms with Gasteiger partial charge in [-0.25, -0.2) is 0 Å². The van der Waals surface area contributed by atoms with Crippen LogP contribution in [0.25, 0.3) is 0 Å². The Bertz CT molecular complexity index is 175. The maximum Gasteiger partial charge on any atom is 0.0593 e. The predicted molar refractivity (Wildman–Crippen MR) is 73.3 cm³/mol. The lowest BCUT2D eigenvalue weighted by Gasteiger charge is -2.34. The van der Waals surface area contributed by atoms with Gasteiger partial charge in [-0.15, -0.1) is 0 Å². The summed E-state index contributed by atoms with van der Waals surface area (Å²) in [6.45, 7) is 8.67. The Morgan fingerprint density at radius 3 is 2.81 bits per heavy atom. The summed E-state index contributed by atoms with van der Waals surface area (Å²) in [6.07, 6.45) is 5.27. The molecule has 1 rings (SSSR count). The van der Waals surface area contributed by atoms with Crippen LogP contribution in [-0.4, -0.2) is 42.6 Å². The molecule has 1 aliphatic heterocycles. The Balaban J connectivity index is 2.06. The van der Waals surface area contributed by atoms with Gasteiger partial charge in [0, 0.05) is 24.5 Å². The van der Waals surface area contributed by atoms with Crippen LogP contribution in [0.2, 0.25) is 0 Å². The number of alkyl halides is 1. The van der Waals surface area contributed by atoms with E-state index in [4.69, 9.17) is 4.74 Å². The Morgan fingerprint density at radius 2 is 2.12 bits per heavy atom. The molecule has 0 amide bonds. The first-order valence-corrected chi connectivity index (χ1v) is 7.74. The first-order chi connectivity index (χ1) is 7.74. The van der Waals surface area contributed by atoms with Crippen LogP contribution in [0.3, 0.4) is 0 Å². The molecule has 1 atom stereocenters. The van der Waals surface area contributed by atoms with Crippen molar-refractivity contribution in [3.8, 4) is 0 Å². The van der Waals surface area contributed by atoms with Crippen molar-refractivity contribution in [3.05, 3.63) is 0 Å². The van der Waals surface area contributed by atoms with E-state index in [9.17, 15) is 0 Å². The number of rotatable bonds is 7. The van der Waals surface area contributed by atoms with Crippen LogP contribution in [0.5, 0.6) is 0 Å². The number of hydrogen-bond donors (Lipinski definition) is 0. The van der Waals surface area contributed by atoms with Crippen molar-refractivity contribution in [2.24, 2.45) is 5.92 Å². The predicted octanol–water partition coefficient (Wildman–Crippen LogP) is 3.30. The minimum Gasteiger partial charge on any atom is -0.380 e. The third-order valence-corrected chi connectivity index (χ3v) is 4.04. The van der Waals surface area contributed by atoms with Gasteiger partial charge >= 0.3 is 0 Å². The first-order valence-electron chi connectivity index (χ1n) is 6.61. The van der Waals surface area contributed by atoms with Crippen LogP contribution in [0, 0.1) is 5.92 Å². The number of likely N-dealkylation sites (tertiary alicyclic amines) is 1. The summed E-state index contributed by atoms with van der Waals surface area (Å²) < 4.78 is 5.68. The van der Waals surface area contributed by atoms with Gasteiger partial charge in [-0.1, -0.05) is 36.2 Å². The Kier molecular flexibility index (Phi) is 7.67. The second-order valence-electron chi connectivity index (χ2n) is 5.13. The molecule has 1 aliphatic rings. The molecule has 0 radical (unpaired) electrons. The van der Waals surface area contributed by atoms with Crippen LogP contribution in [0.15, 0.2) is 0 Å². The largest absolute Gasteiger partial charge is 0.380 e. The molecule has 0 N–H and O–H groups in total. The van der Waals surface area contributed by atoms with Crippen molar-refractivity contribution in [1.29, 1.82) is 0 Å². The molecule has 0 aliphatic carbocycles. The average Bonchev–Trinajstić information content (AvgIpc) is 2.29. The Hall–Kier alpha value is 0.400. The summed E-state index contributed by atoms with van der Waals surface area (Å²) in [5.74, 6) is 0.755. The van der Waals surface area contributed by atoms with Crippen molar-refractivity contribution in [1.82, 2.24) is 4.90 Å². The molecular formula is C13H26BrNO. The maximum absolute atomic E-state index is 5.68. The van der Waals surface area contributed by atoms with Gasteiger partial charge in [0.1, 0.15) is 0 Å². The number of halogens is 1. The van der Waals surface area contributed by atoms with Gasteiger partial charge in [-0.3, -0.25) is 4.90 Å². The quantitative estimate of drug-likeness (QED) is 0.527. The van der Waals surface area contributed by atoms with Crippen molar-refractivity contribution < 1.29 is 4.74 Å². The molecule has 0 aromatic heterocycles. The first kappa shape index (κ1) is 14.5. The molecule has 2 nitrogen and oxygen atoms in total. The van der Waals surface area contributed by atoms with Crippen LogP contribution in [0.4, 0.5) is 0 Å². The Labute approximate surface area is 109 Å². The molecule has 1 fully saturated rings. The number of hydrogen-bond acceptors (Lipinski definition) is 2. The van der Waals surface area contributed by atoms with E-state index in [0.717, 1.165) is 37.0 Å². The highest BCUT2D eigenvalue weighted by atomic mass is 79.9. The molecule has 0 aromatic rings. The maximum atomic E-state index is 5.68. The van der Waals surface area contributed by atoms with Gasteiger partial charge in [-0.2, -0.15) is 0 Å². The number of piperidine rings is 1. The fourth-order valence-corrected chi connectivity index (χ4v) is 2.87. The summed E-state index contributed by atoms with van der Waals surface area (Å²) in [5.41, 5.74) is 0. The van der Waals surface area contributed by atoms with E-state index >= 15 is 0 Å². The van der Waals surface area contributed by atoms with Crippen LogP contribution >= 0.6 is 15.9 Å². The van der Waals surface area contributed by atoms with Crippen molar-refractivity contribution in [2.45, 2.75) is 45.6 Å². The van der Waals surface area contributed by atoms with E-state index in [1.165, 1.54) is 32.2 Å². The van der Waals surface area contributed by atoms with Gasteiger partial charge < -0.3 is 4.74 Å². The third kappa shape index (κ3) is 5.65. The van der Waals surface area contributed by atoms with Gasteiger partial charge in [0.05, 0.1) is 6.61 Å². The molecule has 0 bridgehead atoms. The van der Waals surface area contributed by atoms with E-state index in [1.54, 1.807) is 0 Å². The minimum atomic E-state index is 0.738. The standard InChI is InChI=1S/C13H26BrNO/c1-12(2)6-9-16-10-8-15-7-4-3-5-13(15)11-14/h12-13H,3-11H2,1-2H3. The fourth-order valence-electron chi connectivity index (χ4n) is 2.13. The van der Waals surface area contributed by atoms with Crippen molar-refractivity contribution >= 4 is 15.9 Å². The lowest BCUT2D eigenvalue weighted by molar-refractivity contribution is 0.0730. The molecule has 3 heteroatoms. The van der Waals surface area contributed by atoms with Crippen LogP contribution in [0.1, 0.15) is 39.5 Å². The smallest absolute Gasteiger partial charge is 0.0593 e.